The number of sulfonamides is 1. The molecule has 0 aliphatic rings. The Hall–Kier alpha value is -2.45. The lowest BCUT2D eigenvalue weighted by Crippen LogP contribution is -2.28. The van der Waals surface area contributed by atoms with Crippen molar-refractivity contribution in [3.63, 3.8) is 0 Å². The summed E-state index contributed by atoms with van der Waals surface area (Å²) >= 11 is 1.01. The highest BCUT2D eigenvalue weighted by molar-refractivity contribution is 7.92. The highest BCUT2D eigenvalue weighted by Crippen LogP contribution is 2.24. The molecule has 0 fully saturated rings. The van der Waals surface area contributed by atoms with E-state index in [0.29, 0.717) is 16.5 Å². The molecule has 0 unspecified atom stereocenters. The topological polar surface area (TPSA) is 79.0 Å². The van der Waals surface area contributed by atoms with Gasteiger partial charge in [0, 0.05) is 23.2 Å². The van der Waals surface area contributed by atoms with Gasteiger partial charge in [0.25, 0.3) is 15.9 Å². The number of halogens is 1. The number of nitrogens with one attached hydrogen (secondary N) is 2. The van der Waals surface area contributed by atoms with Gasteiger partial charge in [-0.15, -0.1) is 11.3 Å². The molecule has 1 amide bonds. The number of carbonyl (C=O) groups excluding carboxylic acids is 1. The summed E-state index contributed by atoms with van der Waals surface area (Å²) in [6.07, 6.45) is 4.18. The third kappa shape index (κ3) is 3.24. The summed E-state index contributed by atoms with van der Waals surface area (Å²) in [7, 11) is -3.88. The summed E-state index contributed by atoms with van der Waals surface area (Å²) < 4.78 is 39.6. The van der Waals surface area contributed by atoms with E-state index in [1.54, 1.807) is 17.6 Å². The molecule has 24 heavy (non-hydrogen) atoms. The largest absolute Gasteiger partial charge is 0.360 e. The maximum atomic E-state index is 13.7. The monoisotopic (exact) mass is 364 g/mol. The van der Waals surface area contributed by atoms with Gasteiger partial charge < -0.3 is 4.98 Å². The summed E-state index contributed by atoms with van der Waals surface area (Å²) in [4.78, 5) is 14.9. The van der Waals surface area contributed by atoms with Crippen LogP contribution in [-0.2, 0) is 14.8 Å². The van der Waals surface area contributed by atoms with E-state index in [1.807, 2.05) is 11.6 Å². The molecule has 0 atom stereocenters. The molecule has 0 spiro atoms. The average molecular weight is 364 g/mol. The Morgan fingerprint density at radius 3 is 2.88 bits per heavy atom. The van der Waals surface area contributed by atoms with Crippen molar-refractivity contribution in [3.8, 4) is 0 Å². The molecule has 0 aliphatic heterocycles. The number of benzene rings is 1. The number of rotatable bonds is 4. The van der Waals surface area contributed by atoms with Crippen LogP contribution in [0.2, 0.25) is 0 Å². The Bertz CT molecular complexity index is 1030. The Morgan fingerprint density at radius 2 is 2.17 bits per heavy atom. The first-order chi connectivity index (χ1) is 11.4. The van der Waals surface area contributed by atoms with E-state index in [9.17, 15) is 17.6 Å². The lowest BCUT2D eigenvalue weighted by atomic mass is 10.1. The SMILES string of the molecule is Cc1c[nH]c2c(C=CC(=O)NS(=O)(=O)c3cccs3)cc(F)cc12. The van der Waals surface area contributed by atoms with Gasteiger partial charge in [-0.25, -0.2) is 17.5 Å². The third-order valence-corrected chi connectivity index (χ3v) is 6.14. The van der Waals surface area contributed by atoms with Crippen LogP contribution < -0.4 is 4.72 Å². The van der Waals surface area contributed by atoms with Gasteiger partial charge in [0.05, 0.1) is 5.52 Å². The number of amides is 1. The van der Waals surface area contributed by atoms with Gasteiger partial charge in [-0.05, 0) is 42.1 Å². The average Bonchev–Trinajstić information content (AvgIpc) is 3.16. The van der Waals surface area contributed by atoms with Crippen molar-refractivity contribution in [1.82, 2.24) is 9.71 Å². The van der Waals surface area contributed by atoms with Crippen molar-refractivity contribution in [3.05, 3.63) is 58.9 Å². The molecule has 0 bridgehead atoms. The molecule has 0 radical (unpaired) electrons. The van der Waals surface area contributed by atoms with Crippen LogP contribution in [0, 0.1) is 12.7 Å². The number of H-pyrrole nitrogens is 1. The van der Waals surface area contributed by atoms with E-state index in [1.165, 1.54) is 24.3 Å². The van der Waals surface area contributed by atoms with Crippen LogP contribution in [0.25, 0.3) is 17.0 Å². The number of carbonyl (C=O) groups is 1. The third-order valence-electron chi connectivity index (χ3n) is 3.40. The maximum absolute atomic E-state index is 13.7. The first-order valence-corrected chi connectivity index (χ1v) is 9.29. The highest BCUT2D eigenvalue weighted by atomic mass is 32.2. The fraction of sp³-hybridized carbons (Fsp3) is 0.0625. The number of aryl methyl sites for hydroxylation is 1. The van der Waals surface area contributed by atoms with E-state index in [0.717, 1.165) is 23.0 Å². The second-order valence-electron chi connectivity index (χ2n) is 5.12. The molecule has 0 aliphatic carbocycles. The summed E-state index contributed by atoms with van der Waals surface area (Å²) in [6, 6.07) is 5.66. The molecule has 1 aromatic carbocycles. The van der Waals surface area contributed by atoms with Gasteiger partial charge in [-0.1, -0.05) is 6.07 Å². The van der Waals surface area contributed by atoms with Crippen molar-refractivity contribution >= 4 is 44.2 Å². The number of hydrogen-bond donors (Lipinski definition) is 2. The highest BCUT2D eigenvalue weighted by Gasteiger charge is 2.17. The van der Waals surface area contributed by atoms with Crippen molar-refractivity contribution in [2.75, 3.05) is 0 Å². The standard InChI is InChI=1S/C16H13FN2O3S2/c1-10-9-18-16-11(7-12(17)8-13(10)16)4-5-14(20)19-24(21,22)15-3-2-6-23-15/h2-9,18H,1H3,(H,19,20). The van der Waals surface area contributed by atoms with Gasteiger partial charge in [-0.2, -0.15) is 0 Å². The minimum atomic E-state index is -3.88. The number of aromatic amines is 1. The van der Waals surface area contributed by atoms with Gasteiger partial charge in [0.15, 0.2) is 0 Å². The van der Waals surface area contributed by atoms with Crippen LogP contribution in [0.5, 0.6) is 0 Å². The van der Waals surface area contributed by atoms with Gasteiger partial charge in [0.1, 0.15) is 10.0 Å². The molecule has 0 saturated heterocycles. The lowest BCUT2D eigenvalue weighted by Gasteiger charge is -2.02. The van der Waals surface area contributed by atoms with Crippen LogP contribution in [0.3, 0.4) is 0 Å². The van der Waals surface area contributed by atoms with Crippen molar-refractivity contribution < 1.29 is 17.6 Å². The smallest absolute Gasteiger partial charge is 0.273 e. The second-order valence-corrected chi connectivity index (χ2v) is 7.98. The summed E-state index contributed by atoms with van der Waals surface area (Å²) in [6.45, 7) is 1.84. The van der Waals surface area contributed by atoms with Crippen LogP contribution in [0.4, 0.5) is 4.39 Å². The molecular formula is C16H13FN2O3S2. The van der Waals surface area contributed by atoms with E-state index in [4.69, 9.17) is 0 Å². The fourth-order valence-corrected chi connectivity index (χ4v) is 4.23. The number of thiophene rings is 1. The predicted molar refractivity (Wildman–Crippen MR) is 91.7 cm³/mol. The number of hydrogen-bond acceptors (Lipinski definition) is 4. The van der Waals surface area contributed by atoms with E-state index < -0.39 is 21.7 Å². The summed E-state index contributed by atoms with van der Waals surface area (Å²) in [5.41, 5.74) is 2.02. The summed E-state index contributed by atoms with van der Waals surface area (Å²) in [5, 5.41) is 2.31. The quantitative estimate of drug-likeness (QED) is 0.698. The van der Waals surface area contributed by atoms with Gasteiger partial charge >= 0.3 is 0 Å². The molecule has 8 heteroatoms. The zero-order valence-corrected chi connectivity index (χ0v) is 14.2. The van der Waals surface area contributed by atoms with Crippen molar-refractivity contribution in [2.45, 2.75) is 11.1 Å². The van der Waals surface area contributed by atoms with Crippen LogP contribution in [0.15, 0.2) is 46.1 Å². The van der Waals surface area contributed by atoms with Crippen LogP contribution >= 0.6 is 11.3 Å². The Labute approximate surface area is 141 Å². The van der Waals surface area contributed by atoms with Gasteiger partial charge in [0.2, 0.25) is 0 Å². The van der Waals surface area contributed by atoms with Crippen molar-refractivity contribution in [2.24, 2.45) is 0 Å². The Morgan fingerprint density at radius 1 is 1.38 bits per heavy atom. The van der Waals surface area contributed by atoms with Crippen LogP contribution in [-0.4, -0.2) is 19.3 Å². The first kappa shape index (κ1) is 16.4. The minimum Gasteiger partial charge on any atom is -0.360 e. The fourth-order valence-electron chi connectivity index (χ4n) is 2.29. The minimum absolute atomic E-state index is 0.0531. The first-order valence-electron chi connectivity index (χ1n) is 6.92. The zero-order valence-electron chi connectivity index (χ0n) is 12.5. The number of aromatic nitrogens is 1. The lowest BCUT2D eigenvalue weighted by molar-refractivity contribution is -0.114. The predicted octanol–water partition coefficient (Wildman–Crippen LogP) is 3.20. The number of fused-ring (bicyclic) bond motifs is 1. The molecule has 2 N–H and O–H groups in total. The molecular weight excluding hydrogens is 351 g/mol. The molecule has 0 saturated carbocycles. The van der Waals surface area contributed by atoms with E-state index in [2.05, 4.69) is 4.98 Å². The van der Waals surface area contributed by atoms with E-state index in [-0.39, 0.29) is 4.21 Å². The molecule has 5 nitrogen and oxygen atoms in total. The molecule has 2 heterocycles. The van der Waals surface area contributed by atoms with Crippen molar-refractivity contribution in [1.29, 1.82) is 0 Å². The zero-order chi connectivity index (χ0) is 17.3. The Balaban J connectivity index is 1.85. The second kappa shape index (κ2) is 6.21. The normalized spacial score (nSPS) is 12.1. The molecule has 3 aromatic rings. The van der Waals surface area contributed by atoms with E-state index >= 15 is 0 Å². The van der Waals surface area contributed by atoms with Gasteiger partial charge in [-0.3, -0.25) is 4.79 Å². The summed E-state index contributed by atoms with van der Waals surface area (Å²) in [5.74, 6) is -1.24. The molecule has 124 valence electrons. The maximum Gasteiger partial charge on any atom is 0.273 e. The molecule has 2 aromatic heterocycles. The Kier molecular flexibility index (Phi) is 4.25. The van der Waals surface area contributed by atoms with Crippen LogP contribution in [0.1, 0.15) is 11.1 Å². The molecule has 3 rings (SSSR count).